The van der Waals surface area contributed by atoms with Gasteiger partial charge in [-0.3, -0.25) is 0 Å². The Balaban J connectivity index is 2.62. The molecule has 1 fully saturated rings. The number of nitrogens with zero attached hydrogens (tertiary/aromatic N) is 2. The van der Waals surface area contributed by atoms with Gasteiger partial charge in [0.15, 0.2) is 0 Å². The van der Waals surface area contributed by atoms with Crippen LogP contribution >= 0.6 is 0 Å². The van der Waals surface area contributed by atoms with Gasteiger partial charge in [0.2, 0.25) is 0 Å². The van der Waals surface area contributed by atoms with E-state index in [4.69, 9.17) is 0 Å². The Morgan fingerprint density at radius 1 is 1.90 bits per heavy atom. The third-order valence-electron chi connectivity index (χ3n) is 1.49. The first kappa shape index (κ1) is 6.98. The number of nitroso groups, excluding NO2 is 1. The zero-order valence-corrected chi connectivity index (χ0v) is 5.61. The standard InChI is InChI=1S/C5H8N2O3/c1-2-4-3-10-5(8)7(4)6-9/h4H,2-3H2,1H3. The van der Waals surface area contributed by atoms with Crippen molar-refractivity contribution in [2.24, 2.45) is 5.29 Å². The lowest BCUT2D eigenvalue weighted by atomic mass is 10.2. The number of ether oxygens (including phenoxy) is 1. The molecule has 0 saturated carbocycles. The Labute approximate surface area is 57.9 Å². The fourth-order valence-electron chi connectivity index (χ4n) is 0.844. The lowest BCUT2D eigenvalue weighted by Gasteiger charge is -2.07. The molecule has 1 unspecified atom stereocenters. The zero-order chi connectivity index (χ0) is 7.56. The molecule has 1 saturated heterocycles. The van der Waals surface area contributed by atoms with E-state index in [0.717, 1.165) is 5.01 Å². The second-order valence-corrected chi connectivity index (χ2v) is 2.07. The van der Waals surface area contributed by atoms with E-state index in [2.05, 4.69) is 10.0 Å². The van der Waals surface area contributed by atoms with Crippen molar-refractivity contribution in [1.29, 1.82) is 0 Å². The second-order valence-electron chi connectivity index (χ2n) is 2.07. The summed E-state index contributed by atoms with van der Waals surface area (Å²) in [7, 11) is 0. The molecule has 10 heavy (non-hydrogen) atoms. The minimum absolute atomic E-state index is 0.162. The van der Waals surface area contributed by atoms with Gasteiger partial charge < -0.3 is 4.74 Å². The Morgan fingerprint density at radius 2 is 2.60 bits per heavy atom. The molecule has 5 heteroatoms. The molecule has 1 aliphatic rings. The first-order chi connectivity index (χ1) is 4.79. The van der Waals surface area contributed by atoms with Gasteiger partial charge in [0, 0.05) is 0 Å². The van der Waals surface area contributed by atoms with E-state index >= 15 is 0 Å². The van der Waals surface area contributed by atoms with Gasteiger partial charge in [0.1, 0.15) is 6.61 Å². The summed E-state index contributed by atoms with van der Waals surface area (Å²) < 4.78 is 4.55. The second kappa shape index (κ2) is 2.64. The van der Waals surface area contributed by atoms with Crippen LogP contribution in [-0.4, -0.2) is 23.8 Å². The molecule has 1 amide bonds. The van der Waals surface area contributed by atoms with E-state index in [1.165, 1.54) is 0 Å². The molecule has 0 N–H and O–H groups in total. The molecule has 0 radical (unpaired) electrons. The van der Waals surface area contributed by atoms with Crippen molar-refractivity contribution in [2.75, 3.05) is 6.61 Å². The van der Waals surface area contributed by atoms with Gasteiger partial charge in [-0.15, -0.1) is 4.91 Å². The van der Waals surface area contributed by atoms with E-state index in [-0.39, 0.29) is 12.6 Å². The van der Waals surface area contributed by atoms with Crippen LogP contribution in [0.25, 0.3) is 0 Å². The third kappa shape index (κ3) is 0.940. The summed E-state index contributed by atoms with van der Waals surface area (Å²) in [6, 6.07) is -0.162. The summed E-state index contributed by atoms with van der Waals surface area (Å²) in [5.74, 6) is 0. The van der Waals surface area contributed by atoms with Gasteiger partial charge in [-0.1, -0.05) is 6.92 Å². The first-order valence-corrected chi connectivity index (χ1v) is 3.08. The van der Waals surface area contributed by atoms with Crippen LogP contribution in [0.1, 0.15) is 13.3 Å². The number of amides is 1. The first-order valence-electron chi connectivity index (χ1n) is 3.08. The predicted molar refractivity (Wildman–Crippen MR) is 33.1 cm³/mol. The quantitative estimate of drug-likeness (QED) is 0.541. The molecule has 1 aliphatic heterocycles. The normalized spacial score (nSPS) is 24.7. The molecular weight excluding hydrogens is 136 g/mol. The van der Waals surface area contributed by atoms with Gasteiger partial charge >= 0.3 is 6.09 Å². The van der Waals surface area contributed by atoms with Crippen molar-refractivity contribution < 1.29 is 9.53 Å². The molecule has 1 atom stereocenters. The molecule has 0 spiro atoms. The molecule has 0 aliphatic carbocycles. The molecule has 1 heterocycles. The Kier molecular flexibility index (Phi) is 1.84. The van der Waals surface area contributed by atoms with Crippen molar-refractivity contribution in [2.45, 2.75) is 19.4 Å². The van der Waals surface area contributed by atoms with Crippen LogP contribution < -0.4 is 0 Å². The highest BCUT2D eigenvalue weighted by molar-refractivity contribution is 5.69. The molecule has 0 aromatic heterocycles. The fraction of sp³-hybridized carbons (Fsp3) is 0.800. The molecule has 1 rings (SSSR count). The van der Waals surface area contributed by atoms with E-state index < -0.39 is 6.09 Å². The van der Waals surface area contributed by atoms with Crippen molar-refractivity contribution in [3.8, 4) is 0 Å². The summed E-state index contributed by atoms with van der Waals surface area (Å²) in [6.07, 6.45) is 0.0548. The average molecular weight is 144 g/mol. The van der Waals surface area contributed by atoms with E-state index in [1.54, 1.807) is 0 Å². The van der Waals surface area contributed by atoms with Crippen molar-refractivity contribution in [1.82, 2.24) is 5.01 Å². The highest BCUT2D eigenvalue weighted by Gasteiger charge is 2.32. The molecule has 0 aromatic carbocycles. The summed E-state index contributed by atoms with van der Waals surface area (Å²) in [5, 5.41) is 3.36. The lowest BCUT2D eigenvalue weighted by molar-refractivity contribution is 0.158. The SMILES string of the molecule is CCC1COC(=O)N1N=O. The zero-order valence-electron chi connectivity index (χ0n) is 5.61. The molecule has 0 bridgehead atoms. The van der Waals surface area contributed by atoms with Crippen molar-refractivity contribution in [3.05, 3.63) is 4.91 Å². The van der Waals surface area contributed by atoms with Crippen LogP contribution in [0.5, 0.6) is 0 Å². The number of rotatable bonds is 2. The van der Waals surface area contributed by atoms with Gasteiger partial charge in [0.25, 0.3) is 0 Å². The summed E-state index contributed by atoms with van der Waals surface area (Å²) >= 11 is 0. The van der Waals surface area contributed by atoms with E-state index in [0.29, 0.717) is 6.42 Å². The largest absolute Gasteiger partial charge is 0.446 e. The number of hydrogen-bond acceptors (Lipinski definition) is 4. The third-order valence-corrected chi connectivity index (χ3v) is 1.49. The predicted octanol–water partition coefficient (Wildman–Crippen LogP) is 0.899. The number of hydrogen-bond donors (Lipinski definition) is 0. The number of carbonyl (C=O) groups excluding carboxylic acids is 1. The van der Waals surface area contributed by atoms with Gasteiger partial charge in [-0.05, 0) is 6.42 Å². The van der Waals surface area contributed by atoms with Crippen LogP contribution in [0.4, 0.5) is 4.79 Å². The average Bonchev–Trinajstić information content (AvgIpc) is 2.30. The highest BCUT2D eigenvalue weighted by Crippen LogP contribution is 2.14. The van der Waals surface area contributed by atoms with Crippen LogP contribution in [0, 0.1) is 4.91 Å². The smallest absolute Gasteiger partial charge is 0.433 e. The molecule has 56 valence electrons. The van der Waals surface area contributed by atoms with E-state index in [9.17, 15) is 9.70 Å². The maximum atomic E-state index is 10.6. The van der Waals surface area contributed by atoms with Gasteiger partial charge in [-0.25, -0.2) is 4.79 Å². The minimum atomic E-state index is -0.637. The van der Waals surface area contributed by atoms with Crippen LogP contribution in [-0.2, 0) is 4.74 Å². The topological polar surface area (TPSA) is 59.0 Å². The Morgan fingerprint density at radius 3 is 3.00 bits per heavy atom. The molecule has 0 aromatic rings. The summed E-state index contributed by atoms with van der Waals surface area (Å²) in [4.78, 5) is 20.5. The highest BCUT2D eigenvalue weighted by atomic mass is 16.6. The van der Waals surface area contributed by atoms with Gasteiger partial charge in [-0.2, -0.15) is 5.01 Å². The van der Waals surface area contributed by atoms with E-state index in [1.807, 2.05) is 6.92 Å². The van der Waals surface area contributed by atoms with Crippen molar-refractivity contribution >= 4 is 6.09 Å². The lowest BCUT2D eigenvalue weighted by Crippen LogP contribution is -2.26. The van der Waals surface area contributed by atoms with Gasteiger partial charge in [0.05, 0.1) is 11.3 Å². The number of carbonyl (C=O) groups is 1. The molecule has 5 nitrogen and oxygen atoms in total. The number of cyclic esters (lactones) is 1. The van der Waals surface area contributed by atoms with Crippen LogP contribution in [0.2, 0.25) is 0 Å². The van der Waals surface area contributed by atoms with Crippen LogP contribution in [0.15, 0.2) is 5.29 Å². The Bertz CT molecular complexity index is 159. The maximum absolute atomic E-state index is 10.6. The molecular formula is C5H8N2O3. The monoisotopic (exact) mass is 144 g/mol. The maximum Gasteiger partial charge on any atom is 0.433 e. The van der Waals surface area contributed by atoms with Crippen molar-refractivity contribution in [3.63, 3.8) is 0 Å². The summed E-state index contributed by atoms with van der Waals surface area (Å²) in [5.41, 5.74) is 0. The van der Waals surface area contributed by atoms with Crippen LogP contribution in [0.3, 0.4) is 0 Å². The minimum Gasteiger partial charge on any atom is -0.446 e. The fourth-order valence-corrected chi connectivity index (χ4v) is 0.844. The Hall–Kier alpha value is -1.13. The summed E-state index contributed by atoms with van der Waals surface area (Å²) in [6.45, 7) is 2.14.